The fourth-order valence-electron chi connectivity index (χ4n) is 2.29. The van der Waals surface area contributed by atoms with E-state index in [4.69, 9.17) is 4.74 Å². The zero-order valence-corrected chi connectivity index (χ0v) is 13.2. The lowest BCUT2D eigenvalue weighted by Crippen LogP contribution is -2.48. The van der Waals surface area contributed by atoms with Gasteiger partial charge in [0.25, 0.3) is 5.69 Å². The van der Waals surface area contributed by atoms with Crippen molar-refractivity contribution in [2.45, 2.75) is 25.4 Å². The molecule has 1 aromatic carbocycles. The fraction of sp³-hybridized carbons (Fsp3) is 0.467. The van der Waals surface area contributed by atoms with Crippen LogP contribution < -0.4 is 10.6 Å². The Bertz CT molecular complexity index is 655. The molecule has 0 aromatic heterocycles. The number of aliphatic hydroxyl groups is 1. The normalized spacial score (nSPS) is 16.2. The van der Waals surface area contributed by atoms with Crippen molar-refractivity contribution in [3.63, 3.8) is 0 Å². The number of nitro benzene ring substituents is 1. The summed E-state index contributed by atoms with van der Waals surface area (Å²) in [7, 11) is 0. The molecule has 0 spiro atoms. The largest absolute Gasteiger partial charge is 0.388 e. The van der Waals surface area contributed by atoms with Crippen LogP contribution in [0.15, 0.2) is 18.2 Å². The molecule has 2 rings (SSSR count). The smallest absolute Gasteiger partial charge is 0.313 e. The van der Waals surface area contributed by atoms with E-state index in [1.165, 1.54) is 18.2 Å². The number of rotatable bonds is 4. The molecule has 130 valence electrons. The Morgan fingerprint density at radius 2 is 2.00 bits per heavy atom. The number of nitro groups is 1. The molecular formula is C15H19N3O6. The van der Waals surface area contributed by atoms with E-state index in [-0.39, 0.29) is 17.9 Å². The van der Waals surface area contributed by atoms with Gasteiger partial charge in [-0.25, -0.2) is 0 Å². The number of non-ortho nitro benzene ring substituents is 1. The second-order valence-corrected chi connectivity index (χ2v) is 5.73. The Morgan fingerprint density at radius 3 is 2.62 bits per heavy atom. The number of carbonyl (C=O) groups is 2. The third kappa shape index (κ3) is 4.49. The number of anilines is 1. The molecule has 9 heteroatoms. The highest BCUT2D eigenvalue weighted by Crippen LogP contribution is 2.22. The van der Waals surface area contributed by atoms with Crippen molar-refractivity contribution < 1.29 is 24.4 Å². The Hall–Kier alpha value is -2.52. The standard InChI is InChI=1S/C15H19N3O6/c1-10-2-3-11(18(22)23)8-12(10)17-14(20)13(19)16-9-15(21)4-6-24-7-5-15/h2-3,8,21H,4-7,9H2,1H3,(H,16,19)(H,17,20). The van der Waals surface area contributed by atoms with Crippen molar-refractivity contribution in [1.29, 1.82) is 0 Å². The SMILES string of the molecule is Cc1ccc([N+](=O)[O-])cc1NC(=O)C(=O)NCC1(O)CCOCC1. The van der Waals surface area contributed by atoms with Gasteiger partial charge >= 0.3 is 11.8 Å². The van der Waals surface area contributed by atoms with Gasteiger partial charge in [-0.1, -0.05) is 6.07 Å². The van der Waals surface area contributed by atoms with Crippen molar-refractivity contribution in [1.82, 2.24) is 5.32 Å². The molecule has 3 N–H and O–H groups in total. The third-order valence-electron chi connectivity index (χ3n) is 3.89. The predicted molar refractivity (Wildman–Crippen MR) is 84.5 cm³/mol. The molecule has 9 nitrogen and oxygen atoms in total. The monoisotopic (exact) mass is 337 g/mol. The number of hydrogen-bond acceptors (Lipinski definition) is 6. The summed E-state index contributed by atoms with van der Waals surface area (Å²) in [6, 6.07) is 3.98. The molecule has 0 saturated carbocycles. The van der Waals surface area contributed by atoms with E-state index in [2.05, 4.69) is 10.6 Å². The topological polar surface area (TPSA) is 131 Å². The molecule has 0 unspecified atom stereocenters. The Kier molecular flexibility index (Phi) is 5.47. The van der Waals surface area contributed by atoms with Crippen LogP contribution in [0.4, 0.5) is 11.4 Å². The first-order valence-corrected chi connectivity index (χ1v) is 7.45. The molecule has 1 heterocycles. The van der Waals surface area contributed by atoms with Crippen LogP contribution in [-0.2, 0) is 14.3 Å². The summed E-state index contributed by atoms with van der Waals surface area (Å²) >= 11 is 0. The van der Waals surface area contributed by atoms with Crippen LogP contribution in [0.25, 0.3) is 0 Å². The van der Waals surface area contributed by atoms with E-state index in [0.717, 1.165) is 0 Å². The van der Waals surface area contributed by atoms with Gasteiger partial charge < -0.3 is 20.5 Å². The first-order chi connectivity index (χ1) is 11.3. The predicted octanol–water partition coefficient (Wildman–Crippen LogP) is 0.499. The molecule has 0 radical (unpaired) electrons. The van der Waals surface area contributed by atoms with Gasteiger partial charge in [-0.3, -0.25) is 19.7 Å². The van der Waals surface area contributed by atoms with Gasteiger partial charge in [0.05, 0.1) is 16.2 Å². The number of benzene rings is 1. The van der Waals surface area contributed by atoms with Crippen molar-refractivity contribution in [2.24, 2.45) is 0 Å². The third-order valence-corrected chi connectivity index (χ3v) is 3.89. The Labute approximate surface area is 138 Å². The van der Waals surface area contributed by atoms with Crippen LogP contribution in [0, 0.1) is 17.0 Å². The quantitative estimate of drug-likeness (QED) is 0.416. The maximum atomic E-state index is 11.9. The second kappa shape index (κ2) is 7.37. The lowest BCUT2D eigenvalue weighted by molar-refractivity contribution is -0.384. The number of carbonyl (C=O) groups excluding carboxylic acids is 2. The maximum absolute atomic E-state index is 11.9. The fourth-order valence-corrected chi connectivity index (χ4v) is 2.29. The number of aryl methyl sites for hydroxylation is 1. The molecule has 1 fully saturated rings. The molecule has 1 aliphatic rings. The summed E-state index contributed by atoms with van der Waals surface area (Å²) in [4.78, 5) is 34.0. The summed E-state index contributed by atoms with van der Waals surface area (Å²) in [6.07, 6.45) is 0.748. The first-order valence-electron chi connectivity index (χ1n) is 7.45. The van der Waals surface area contributed by atoms with Crippen molar-refractivity contribution in [3.8, 4) is 0 Å². The molecule has 24 heavy (non-hydrogen) atoms. The van der Waals surface area contributed by atoms with E-state index in [1.807, 2.05) is 0 Å². The molecular weight excluding hydrogens is 318 g/mol. The summed E-state index contributed by atoms with van der Waals surface area (Å²) in [5, 5.41) is 25.7. The number of nitrogens with zero attached hydrogens (tertiary/aromatic N) is 1. The summed E-state index contributed by atoms with van der Waals surface area (Å²) in [6.45, 7) is 2.38. The van der Waals surface area contributed by atoms with E-state index < -0.39 is 22.3 Å². The lowest BCUT2D eigenvalue weighted by atomic mass is 9.94. The average Bonchev–Trinajstić information content (AvgIpc) is 2.55. The van der Waals surface area contributed by atoms with Crippen LogP contribution in [0.1, 0.15) is 18.4 Å². The zero-order chi connectivity index (χ0) is 17.7. The minimum atomic E-state index is -1.09. The molecule has 2 amide bonds. The van der Waals surface area contributed by atoms with E-state index in [0.29, 0.717) is 31.6 Å². The minimum Gasteiger partial charge on any atom is -0.388 e. The van der Waals surface area contributed by atoms with E-state index >= 15 is 0 Å². The van der Waals surface area contributed by atoms with Gasteiger partial charge in [0, 0.05) is 44.7 Å². The van der Waals surface area contributed by atoms with Gasteiger partial charge in [0.1, 0.15) is 0 Å². The molecule has 0 atom stereocenters. The molecule has 1 aliphatic heterocycles. The maximum Gasteiger partial charge on any atom is 0.313 e. The van der Waals surface area contributed by atoms with Crippen LogP contribution in [0.3, 0.4) is 0 Å². The number of ether oxygens (including phenoxy) is 1. The highest BCUT2D eigenvalue weighted by atomic mass is 16.6. The highest BCUT2D eigenvalue weighted by Gasteiger charge is 2.31. The Balaban J connectivity index is 1.95. The summed E-state index contributed by atoms with van der Waals surface area (Å²) in [5.74, 6) is -1.87. The minimum absolute atomic E-state index is 0.0590. The van der Waals surface area contributed by atoms with Crippen LogP contribution >= 0.6 is 0 Å². The molecule has 1 saturated heterocycles. The Morgan fingerprint density at radius 1 is 1.33 bits per heavy atom. The molecule has 0 aliphatic carbocycles. The van der Waals surface area contributed by atoms with Gasteiger partial charge in [-0.2, -0.15) is 0 Å². The van der Waals surface area contributed by atoms with E-state index in [9.17, 15) is 24.8 Å². The van der Waals surface area contributed by atoms with Crippen LogP contribution in [0.2, 0.25) is 0 Å². The van der Waals surface area contributed by atoms with Crippen molar-refractivity contribution in [2.75, 3.05) is 25.1 Å². The summed E-state index contributed by atoms with van der Waals surface area (Å²) in [5.41, 5.74) is -0.498. The average molecular weight is 337 g/mol. The highest BCUT2D eigenvalue weighted by molar-refractivity contribution is 6.39. The number of hydrogen-bond donors (Lipinski definition) is 3. The lowest BCUT2D eigenvalue weighted by Gasteiger charge is -2.31. The van der Waals surface area contributed by atoms with Gasteiger partial charge in [-0.15, -0.1) is 0 Å². The second-order valence-electron chi connectivity index (χ2n) is 5.73. The van der Waals surface area contributed by atoms with Crippen LogP contribution in [-0.4, -0.2) is 47.2 Å². The van der Waals surface area contributed by atoms with Crippen molar-refractivity contribution in [3.05, 3.63) is 33.9 Å². The van der Waals surface area contributed by atoms with Gasteiger partial charge in [-0.05, 0) is 12.5 Å². The summed E-state index contributed by atoms with van der Waals surface area (Å²) < 4.78 is 5.13. The van der Waals surface area contributed by atoms with Crippen molar-refractivity contribution >= 4 is 23.2 Å². The number of amides is 2. The first kappa shape index (κ1) is 17.8. The van der Waals surface area contributed by atoms with Gasteiger partial charge in [0.2, 0.25) is 0 Å². The zero-order valence-electron chi connectivity index (χ0n) is 13.2. The van der Waals surface area contributed by atoms with E-state index in [1.54, 1.807) is 6.92 Å². The van der Waals surface area contributed by atoms with Crippen LogP contribution in [0.5, 0.6) is 0 Å². The molecule has 1 aromatic rings. The molecule has 0 bridgehead atoms. The van der Waals surface area contributed by atoms with Gasteiger partial charge in [0.15, 0.2) is 0 Å². The number of nitrogens with one attached hydrogen (secondary N) is 2.